The average molecular weight is 182 g/mol. The van der Waals surface area contributed by atoms with Gasteiger partial charge in [-0.05, 0) is 53.2 Å². The highest BCUT2D eigenvalue weighted by Crippen LogP contribution is 2.30. The lowest BCUT2D eigenvalue weighted by molar-refractivity contribution is 0.0390. The van der Waals surface area contributed by atoms with Crippen molar-refractivity contribution in [3.05, 3.63) is 0 Å². The topological polar surface area (TPSA) is 6.48 Å². The van der Waals surface area contributed by atoms with Gasteiger partial charge in [0, 0.05) is 18.1 Å². The highest BCUT2D eigenvalue weighted by atomic mass is 15.3. The predicted octanol–water partition coefficient (Wildman–Crippen LogP) is 1.56. The minimum atomic E-state index is 0.467. The Bertz CT molecular complexity index is 193. The Morgan fingerprint density at radius 3 is 2.54 bits per heavy atom. The first-order valence-electron chi connectivity index (χ1n) is 5.57. The highest BCUT2D eigenvalue weighted by Gasteiger charge is 2.38. The van der Waals surface area contributed by atoms with Crippen molar-refractivity contribution in [2.24, 2.45) is 0 Å². The van der Waals surface area contributed by atoms with E-state index >= 15 is 0 Å². The van der Waals surface area contributed by atoms with Gasteiger partial charge in [-0.3, -0.25) is 9.80 Å². The molecular formula is C11H22N2. The quantitative estimate of drug-likeness (QED) is 0.639. The summed E-state index contributed by atoms with van der Waals surface area (Å²) in [5.74, 6) is 0. The molecule has 2 fully saturated rings. The van der Waals surface area contributed by atoms with Crippen molar-refractivity contribution in [2.45, 2.75) is 44.7 Å². The molecule has 0 aromatic carbocycles. The van der Waals surface area contributed by atoms with Gasteiger partial charge in [-0.25, -0.2) is 0 Å². The molecule has 0 aliphatic carbocycles. The molecule has 13 heavy (non-hydrogen) atoms. The Kier molecular flexibility index (Phi) is 2.37. The second-order valence-electron chi connectivity index (χ2n) is 5.13. The molecule has 2 nitrogen and oxygen atoms in total. The molecule has 2 saturated heterocycles. The van der Waals surface area contributed by atoms with Gasteiger partial charge in [0.2, 0.25) is 0 Å². The maximum Gasteiger partial charge on any atom is 0.0305 e. The molecule has 0 amide bonds. The van der Waals surface area contributed by atoms with Crippen molar-refractivity contribution in [2.75, 3.05) is 26.7 Å². The van der Waals surface area contributed by atoms with E-state index in [0.29, 0.717) is 5.54 Å². The van der Waals surface area contributed by atoms with Gasteiger partial charge in [-0.1, -0.05) is 0 Å². The number of likely N-dealkylation sites (tertiary alicyclic amines) is 2. The van der Waals surface area contributed by atoms with Gasteiger partial charge in [-0.15, -0.1) is 0 Å². The molecule has 76 valence electrons. The fourth-order valence-corrected chi connectivity index (χ4v) is 2.60. The average Bonchev–Trinajstić information content (AvgIpc) is 2.42. The normalized spacial score (nSPS) is 42.2. The summed E-state index contributed by atoms with van der Waals surface area (Å²) < 4.78 is 0. The summed E-state index contributed by atoms with van der Waals surface area (Å²) in [5, 5.41) is 0. The van der Waals surface area contributed by atoms with Crippen LogP contribution in [0, 0.1) is 0 Å². The Morgan fingerprint density at radius 1 is 1.38 bits per heavy atom. The molecule has 0 radical (unpaired) electrons. The minimum absolute atomic E-state index is 0.467. The van der Waals surface area contributed by atoms with Gasteiger partial charge in [0.05, 0.1) is 0 Å². The maximum absolute atomic E-state index is 2.63. The number of hydrogen-bond acceptors (Lipinski definition) is 2. The second kappa shape index (κ2) is 3.25. The summed E-state index contributed by atoms with van der Waals surface area (Å²) in [4.78, 5) is 5.17. The van der Waals surface area contributed by atoms with Crippen LogP contribution in [-0.4, -0.2) is 48.1 Å². The van der Waals surface area contributed by atoms with E-state index in [1.165, 1.54) is 38.9 Å². The molecule has 0 aromatic heterocycles. The lowest BCUT2D eigenvalue weighted by Gasteiger charge is -2.45. The van der Waals surface area contributed by atoms with E-state index < -0.39 is 0 Å². The van der Waals surface area contributed by atoms with E-state index in [-0.39, 0.29) is 0 Å². The summed E-state index contributed by atoms with van der Waals surface area (Å²) >= 11 is 0. The Labute approximate surface area is 81.9 Å². The summed E-state index contributed by atoms with van der Waals surface area (Å²) in [5.41, 5.74) is 0.467. The zero-order valence-electron chi connectivity index (χ0n) is 9.21. The highest BCUT2D eigenvalue weighted by molar-refractivity contribution is 4.95. The van der Waals surface area contributed by atoms with E-state index in [2.05, 4.69) is 30.7 Å². The van der Waals surface area contributed by atoms with Crippen LogP contribution in [-0.2, 0) is 0 Å². The van der Waals surface area contributed by atoms with Gasteiger partial charge in [-0.2, -0.15) is 0 Å². The van der Waals surface area contributed by atoms with Crippen LogP contribution in [0.1, 0.15) is 33.1 Å². The molecule has 0 aromatic rings. The fraction of sp³-hybridized carbons (Fsp3) is 1.00. The maximum atomic E-state index is 2.63. The van der Waals surface area contributed by atoms with Crippen LogP contribution in [0.2, 0.25) is 0 Å². The predicted molar refractivity (Wildman–Crippen MR) is 55.9 cm³/mol. The van der Waals surface area contributed by atoms with Crippen LogP contribution in [0.3, 0.4) is 0 Å². The van der Waals surface area contributed by atoms with Crippen LogP contribution < -0.4 is 0 Å². The molecule has 2 heteroatoms. The summed E-state index contributed by atoms with van der Waals surface area (Å²) in [7, 11) is 2.28. The summed E-state index contributed by atoms with van der Waals surface area (Å²) in [6.07, 6.45) is 4.17. The van der Waals surface area contributed by atoms with E-state index in [4.69, 9.17) is 0 Å². The van der Waals surface area contributed by atoms with Crippen molar-refractivity contribution in [3.8, 4) is 0 Å². The van der Waals surface area contributed by atoms with Crippen LogP contribution in [0.4, 0.5) is 0 Å². The Morgan fingerprint density at radius 2 is 2.15 bits per heavy atom. The first-order valence-corrected chi connectivity index (χ1v) is 5.57. The third-order valence-corrected chi connectivity index (χ3v) is 4.13. The standard InChI is InChI=1S/C11H22N2/c1-10-5-8-13(10)9-11(2)6-4-7-12(11)3/h10H,4-9H2,1-3H3. The Hall–Kier alpha value is -0.0800. The van der Waals surface area contributed by atoms with Crippen LogP contribution in [0.5, 0.6) is 0 Å². The van der Waals surface area contributed by atoms with Gasteiger partial charge in [0.1, 0.15) is 0 Å². The van der Waals surface area contributed by atoms with Crippen molar-refractivity contribution in [3.63, 3.8) is 0 Å². The van der Waals surface area contributed by atoms with Gasteiger partial charge < -0.3 is 0 Å². The van der Waals surface area contributed by atoms with Crippen molar-refractivity contribution in [1.29, 1.82) is 0 Å². The Balaban J connectivity index is 1.92. The smallest absolute Gasteiger partial charge is 0.0305 e. The third-order valence-electron chi connectivity index (χ3n) is 4.13. The third kappa shape index (κ3) is 1.62. The molecular weight excluding hydrogens is 160 g/mol. The fourth-order valence-electron chi connectivity index (χ4n) is 2.60. The van der Waals surface area contributed by atoms with Crippen molar-refractivity contribution >= 4 is 0 Å². The molecule has 2 unspecified atom stereocenters. The first-order chi connectivity index (χ1) is 6.12. The van der Waals surface area contributed by atoms with Gasteiger partial charge >= 0.3 is 0 Å². The number of nitrogens with zero attached hydrogens (tertiary/aromatic N) is 2. The van der Waals surface area contributed by atoms with Crippen molar-refractivity contribution in [1.82, 2.24) is 9.80 Å². The molecule has 2 atom stereocenters. The monoisotopic (exact) mass is 182 g/mol. The van der Waals surface area contributed by atoms with Gasteiger partial charge in [0.25, 0.3) is 0 Å². The van der Waals surface area contributed by atoms with E-state index in [1.54, 1.807) is 0 Å². The van der Waals surface area contributed by atoms with E-state index in [1.807, 2.05) is 0 Å². The lowest BCUT2D eigenvalue weighted by atomic mass is 9.94. The molecule has 0 bridgehead atoms. The molecule has 0 spiro atoms. The second-order valence-corrected chi connectivity index (χ2v) is 5.13. The van der Waals surface area contributed by atoms with Crippen LogP contribution in [0.25, 0.3) is 0 Å². The molecule has 2 heterocycles. The minimum Gasteiger partial charge on any atom is -0.300 e. The van der Waals surface area contributed by atoms with E-state index in [0.717, 1.165) is 6.04 Å². The largest absolute Gasteiger partial charge is 0.300 e. The zero-order valence-corrected chi connectivity index (χ0v) is 9.21. The number of rotatable bonds is 2. The first kappa shape index (κ1) is 9.47. The summed E-state index contributed by atoms with van der Waals surface area (Å²) in [6, 6.07) is 0.839. The van der Waals surface area contributed by atoms with Crippen LogP contribution in [0.15, 0.2) is 0 Å². The summed E-state index contributed by atoms with van der Waals surface area (Å²) in [6.45, 7) is 8.67. The lowest BCUT2D eigenvalue weighted by Crippen LogP contribution is -2.55. The number of likely N-dealkylation sites (N-methyl/N-ethyl adjacent to an activating group) is 1. The van der Waals surface area contributed by atoms with Crippen LogP contribution >= 0.6 is 0 Å². The molecule has 2 aliphatic rings. The molecule has 2 aliphatic heterocycles. The number of hydrogen-bond donors (Lipinski definition) is 0. The molecule has 2 rings (SSSR count). The molecule has 0 saturated carbocycles. The van der Waals surface area contributed by atoms with Gasteiger partial charge in [0.15, 0.2) is 0 Å². The van der Waals surface area contributed by atoms with Crippen molar-refractivity contribution < 1.29 is 0 Å². The van der Waals surface area contributed by atoms with E-state index in [9.17, 15) is 0 Å². The SMILES string of the molecule is CC1CCN1CC1(C)CCCN1C. The molecule has 0 N–H and O–H groups in total. The zero-order chi connectivity index (χ0) is 9.47.